The van der Waals surface area contributed by atoms with E-state index in [1.165, 1.54) is 31.8 Å². The van der Waals surface area contributed by atoms with E-state index in [0.717, 1.165) is 12.5 Å². The molecule has 45 valence electrons. The highest BCUT2D eigenvalue weighted by atomic mass is 16.5. The van der Waals surface area contributed by atoms with E-state index in [1.54, 1.807) is 0 Å². The molecule has 0 aromatic carbocycles. The first kappa shape index (κ1) is 4.80. The number of ether oxygens (including phenoxy) is 1. The van der Waals surface area contributed by atoms with Gasteiger partial charge in [0.2, 0.25) is 0 Å². The zero-order chi connectivity index (χ0) is 5.40. The van der Waals surface area contributed by atoms with Crippen LogP contribution in [0.15, 0.2) is 0 Å². The van der Waals surface area contributed by atoms with E-state index in [2.05, 4.69) is 0 Å². The van der Waals surface area contributed by atoms with Gasteiger partial charge in [-0.3, -0.25) is 0 Å². The van der Waals surface area contributed by atoms with Crippen LogP contribution < -0.4 is 0 Å². The normalized spacial score (nSPS) is 31.5. The van der Waals surface area contributed by atoms with E-state index in [9.17, 15) is 0 Å². The van der Waals surface area contributed by atoms with E-state index in [-0.39, 0.29) is 0 Å². The monoisotopic (exact) mass is 111 g/mol. The summed E-state index contributed by atoms with van der Waals surface area (Å²) in [4.78, 5) is 0. The second kappa shape index (κ2) is 1.73. The molecule has 0 aromatic rings. The van der Waals surface area contributed by atoms with Crippen LogP contribution in [0.3, 0.4) is 0 Å². The molecule has 1 heteroatoms. The van der Waals surface area contributed by atoms with Crippen molar-refractivity contribution in [2.45, 2.75) is 25.7 Å². The third-order valence-electron chi connectivity index (χ3n) is 2.19. The molecule has 1 radical (unpaired) electrons. The molecule has 0 spiro atoms. The molecule has 0 atom stereocenters. The molecule has 2 aliphatic heterocycles. The van der Waals surface area contributed by atoms with Crippen LogP contribution in [0, 0.1) is 12.0 Å². The lowest BCUT2D eigenvalue weighted by Crippen LogP contribution is -2.26. The fourth-order valence-electron chi connectivity index (χ4n) is 1.55. The largest absolute Gasteiger partial charge is 0.372 e. The number of fused-ring (bicyclic) bond motifs is 3. The fraction of sp³-hybridized carbons (Fsp3) is 0.857. The minimum Gasteiger partial charge on any atom is -0.372 e. The lowest BCUT2D eigenvalue weighted by Gasteiger charge is -2.34. The number of rotatable bonds is 0. The standard InChI is InChI=1S/C7H11O/c1-3-7-4-2-6(1)5-8-7/h6H,1-5H2. The Morgan fingerprint density at radius 2 is 2.00 bits per heavy atom. The van der Waals surface area contributed by atoms with Crippen LogP contribution in [0.2, 0.25) is 0 Å². The second-order valence-electron chi connectivity index (χ2n) is 2.79. The zero-order valence-corrected chi connectivity index (χ0v) is 5.02. The molecule has 0 unspecified atom stereocenters. The fourth-order valence-corrected chi connectivity index (χ4v) is 1.55. The summed E-state index contributed by atoms with van der Waals surface area (Å²) in [6.07, 6.45) is 6.67. The van der Waals surface area contributed by atoms with E-state index < -0.39 is 0 Å². The van der Waals surface area contributed by atoms with Gasteiger partial charge in [-0.1, -0.05) is 0 Å². The number of hydrogen-bond donors (Lipinski definition) is 0. The van der Waals surface area contributed by atoms with Crippen LogP contribution in [0.5, 0.6) is 0 Å². The van der Waals surface area contributed by atoms with Gasteiger partial charge >= 0.3 is 0 Å². The van der Waals surface area contributed by atoms with Gasteiger partial charge in [-0.15, -0.1) is 0 Å². The van der Waals surface area contributed by atoms with Gasteiger partial charge < -0.3 is 4.74 Å². The maximum Gasteiger partial charge on any atom is 0.0971 e. The highest BCUT2D eigenvalue weighted by Crippen LogP contribution is 2.36. The molecule has 8 heavy (non-hydrogen) atoms. The van der Waals surface area contributed by atoms with E-state index in [0.29, 0.717) is 0 Å². The van der Waals surface area contributed by atoms with Crippen LogP contribution in [-0.2, 0) is 4.74 Å². The predicted molar refractivity (Wildman–Crippen MR) is 31.2 cm³/mol. The quantitative estimate of drug-likeness (QED) is 0.462. The van der Waals surface area contributed by atoms with Gasteiger partial charge in [-0.2, -0.15) is 0 Å². The Hall–Kier alpha value is -0.0400. The summed E-state index contributed by atoms with van der Waals surface area (Å²) in [6, 6.07) is 0. The van der Waals surface area contributed by atoms with E-state index in [4.69, 9.17) is 4.74 Å². The summed E-state index contributed by atoms with van der Waals surface area (Å²) in [5.41, 5.74) is 0. The first-order valence-corrected chi connectivity index (χ1v) is 3.42. The second-order valence-corrected chi connectivity index (χ2v) is 2.79. The molecule has 2 heterocycles. The van der Waals surface area contributed by atoms with Gasteiger partial charge in [0, 0.05) is 0 Å². The summed E-state index contributed by atoms with van der Waals surface area (Å²) in [7, 11) is 0. The van der Waals surface area contributed by atoms with Crippen molar-refractivity contribution in [1.82, 2.24) is 0 Å². The molecule has 0 amide bonds. The molecule has 1 saturated carbocycles. The van der Waals surface area contributed by atoms with Crippen LogP contribution in [0.25, 0.3) is 0 Å². The summed E-state index contributed by atoms with van der Waals surface area (Å²) in [5, 5.41) is 0. The Balaban J connectivity index is 2.03. The molecule has 2 saturated heterocycles. The number of hydrogen-bond acceptors (Lipinski definition) is 1. The molecule has 3 aliphatic rings. The van der Waals surface area contributed by atoms with Crippen molar-refractivity contribution in [2.75, 3.05) is 6.61 Å². The molecular formula is C7H11O. The van der Waals surface area contributed by atoms with Gasteiger partial charge in [-0.05, 0) is 31.6 Å². The van der Waals surface area contributed by atoms with E-state index >= 15 is 0 Å². The van der Waals surface area contributed by atoms with Crippen LogP contribution in [0.1, 0.15) is 25.7 Å². The topological polar surface area (TPSA) is 9.23 Å². The third-order valence-corrected chi connectivity index (χ3v) is 2.19. The van der Waals surface area contributed by atoms with Gasteiger partial charge in [0.1, 0.15) is 0 Å². The van der Waals surface area contributed by atoms with Gasteiger partial charge in [0.05, 0.1) is 12.7 Å². The Bertz CT molecular complexity index is 59.4. The third kappa shape index (κ3) is 0.655. The lowest BCUT2D eigenvalue weighted by atomic mass is 9.85. The van der Waals surface area contributed by atoms with Gasteiger partial charge in [0.25, 0.3) is 0 Å². The summed E-state index contributed by atoms with van der Waals surface area (Å²) in [6.45, 7) is 1.02. The highest BCUT2D eigenvalue weighted by molar-refractivity contribution is 4.90. The molecular weight excluding hydrogens is 100 g/mol. The lowest BCUT2D eigenvalue weighted by molar-refractivity contribution is 0.0100. The summed E-state index contributed by atoms with van der Waals surface area (Å²) in [5.74, 6) is 0.910. The first-order valence-electron chi connectivity index (χ1n) is 3.42. The Kier molecular flexibility index (Phi) is 1.04. The minimum absolute atomic E-state index is 0.910. The first-order chi connectivity index (χ1) is 3.95. The van der Waals surface area contributed by atoms with Gasteiger partial charge in [-0.25, -0.2) is 0 Å². The van der Waals surface area contributed by atoms with E-state index in [1.807, 2.05) is 0 Å². The highest BCUT2D eigenvalue weighted by Gasteiger charge is 2.28. The Morgan fingerprint density at radius 3 is 2.12 bits per heavy atom. The van der Waals surface area contributed by atoms with Crippen molar-refractivity contribution in [3.05, 3.63) is 6.10 Å². The summed E-state index contributed by atoms with van der Waals surface area (Å²) < 4.78 is 5.39. The van der Waals surface area contributed by atoms with Crippen LogP contribution in [0.4, 0.5) is 0 Å². The average Bonchev–Trinajstić information content (AvgIpc) is 1.92. The van der Waals surface area contributed by atoms with Crippen molar-refractivity contribution in [3.8, 4) is 0 Å². The zero-order valence-electron chi connectivity index (χ0n) is 5.02. The van der Waals surface area contributed by atoms with Crippen LogP contribution in [-0.4, -0.2) is 6.61 Å². The SMILES string of the molecule is C1CC2CC[C]1OC2. The molecule has 1 aliphatic carbocycles. The Morgan fingerprint density at radius 1 is 1.25 bits per heavy atom. The maximum absolute atomic E-state index is 5.39. The average molecular weight is 111 g/mol. The summed E-state index contributed by atoms with van der Waals surface area (Å²) >= 11 is 0. The van der Waals surface area contributed by atoms with Crippen LogP contribution >= 0.6 is 0 Å². The van der Waals surface area contributed by atoms with Crippen molar-refractivity contribution in [1.29, 1.82) is 0 Å². The Labute approximate surface area is 50.0 Å². The van der Waals surface area contributed by atoms with Crippen molar-refractivity contribution in [2.24, 2.45) is 5.92 Å². The van der Waals surface area contributed by atoms with Crippen molar-refractivity contribution >= 4 is 0 Å². The van der Waals surface area contributed by atoms with Crippen molar-refractivity contribution < 1.29 is 4.74 Å². The molecule has 0 N–H and O–H groups in total. The van der Waals surface area contributed by atoms with Crippen molar-refractivity contribution in [3.63, 3.8) is 0 Å². The minimum atomic E-state index is 0.910. The maximum atomic E-state index is 5.39. The molecule has 3 rings (SSSR count). The smallest absolute Gasteiger partial charge is 0.0971 e. The molecule has 3 fully saturated rings. The predicted octanol–water partition coefficient (Wildman–Crippen LogP) is 1.74. The van der Waals surface area contributed by atoms with Gasteiger partial charge in [0.15, 0.2) is 0 Å². The molecule has 0 aromatic heterocycles. The molecule has 2 bridgehead atoms. The molecule has 1 nitrogen and oxygen atoms in total.